The number of halogens is 3. The number of nitrogens with one attached hydrogen (secondary N) is 1. The third kappa shape index (κ3) is 4.79. The molecule has 0 aromatic rings. The van der Waals surface area contributed by atoms with Gasteiger partial charge in [-0.25, -0.2) is 0 Å². The van der Waals surface area contributed by atoms with Crippen LogP contribution in [0, 0.1) is 0 Å². The molecule has 1 fully saturated rings. The number of aliphatic hydroxyl groups is 1. The molecule has 1 heterocycles. The van der Waals surface area contributed by atoms with Crippen LogP contribution in [0.25, 0.3) is 0 Å². The summed E-state index contributed by atoms with van der Waals surface area (Å²) in [5.41, 5.74) is 0. The van der Waals surface area contributed by atoms with E-state index in [1.807, 2.05) is 0 Å². The zero-order chi connectivity index (χ0) is 13.8. The average Bonchev–Trinajstić information content (AvgIpc) is 2.27. The molecule has 1 aliphatic rings. The van der Waals surface area contributed by atoms with E-state index in [4.69, 9.17) is 9.84 Å². The number of rotatable bonds is 4. The fourth-order valence-corrected chi connectivity index (χ4v) is 1.69. The zero-order valence-corrected chi connectivity index (χ0v) is 10.0. The van der Waals surface area contributed by atoms with Crippen LogP contribution < -0.4 is 5.32 Å². The molecule has 1 saturated heterocycles. The second-order valence-corrected chi connectivity index (χ2v) is 4.25. The lowest BCUT2D eigenvalue weighted by molar-refractivity contribution is -0.146. The largest absolute Gasteiger partial charge is 0.401 e. The Morgan fingerprint density at radius 1 is 1.56 bits per heavy atom. The fraction of sp³-hybridized carbons (Fsp3) is 0.900. The lowest BCUT2D eigenvalue weighted by Crippen LogP contribution is -2.54. The maximum atomic E-state index is 11.9. The van der Waals surface area contributed by atoms with Crippen molar-refractivity contribution in [1.82, 2.24) is 10.2 Å². The molecule has 0 radical (unpaired) electrons. The standard InChI is InChI=1S/C10H17F3N2O3/c1-7-5-18-8(4-16)3-15(7)9(17)2-14-6-10(11,12)13/h7-8,14,16H,2-6H2,1H3. The highest BCUT2D eigenvalue weighted by atomic mass is 19.4. The number of nitrogens with zero attached hydrogens (tertiary/aromatic N) is 1. The van der Waals surface area contributed by atoms with E-state index >= 15 is 0 Å². The smallest absolute Gasteiger partial charge is 0.394 e. The Kier molecular flexibility index (Phi) is 5.36. The first-order valence-electron chi connectivity index (χ1n) is 5.63. The Hall–Kier alpha value is -0.860. The normalized spacial score (nSPS) is 25.3. The first-order chi connectivity index (χ1) is 8.33. The van der Waals surface area contributed by atoms with E-state index in [2.05, 4.69) is 5.32 Å². The highest BCUT2D eigenvalue weighted by Crippen LogP contribution is 2.13. The second kappa shape index (κ2) is 6.35. The van der Waals surface area contributed by atoms with E-state index in [0.29, 0.717) is 0 Å². The van der Waals surface area contributed by atoms with Gasteiger partial charge in [-0.15, -0.1) is 0 Å². The van der Waals surface area contributed by atoms with Crippen LogP contribution in [0.15, 0.2) is 0 Å². The molecule has 0 aliphatic carbocycles. The molecule has 0 spiro atoms. The number of alkyl halides is 3. The Morgan fingerprint density at radius 2 is 2.22 bits per heavy atom. The zero-order valence-electron chi connectivity index (χ0n) is 10.0. The summed E-state index contributed by atoms with van der Waals surface area (Å²) in [5.74, 6) is -0.423. The summed E-state index contributed by atoms with van der Waals surface area (Å²) in [4.78, 5) is 13.1. The predicted octanol–water partition coefficient (Wildman–Crippen LogP) is -0.254. The van der Waals surface area contributed by atoms with E-state index in [9.17, 15) is 18.0 Å². The lowest BCUT2D eigenvalue weighted by Gasteiger charge is -2.37. The van der Waals surface area contributed by atoms with Crippen LogP contribution in [-0.2, 0) is 9.53 Å². The van der Waals surface area contributed by atoms with Gasteiger partial charge in [0, 0.05) is 6.54 Å². The van der Waals surface area contributed by atoms with Gasteiger partial charge in [-0.1, -0.05) is 0 Å². The van der Waals surface area contributed by atoms with Gasteiger partial charge >= 0.3 is 6.18 Å². The minimum atomic E-state index is -4.33. The monoisotopic (exact) mass is 270 g/mol. The van der Waals surface area contributed by atoms with Crippen molar-refractivity contribution in [1.29, 1.82) is 0 Å². The first kappa shape index (κ1) is 15.2. The number of hydrogen-bond acceptors (Lipinski definition) is 4. The van der Waals surface area contributed by atoms with Crippen molar-refractivity contribution in [3.8, 4) is 0 Å². The quantitative estimate of drug-likeness (QED) is 0.739. The Bertz CT molecular complexity index is 286. The van der Waals surface area contributed by atoms with Crippen molar-refractivity contribution in [2.24, 2.45) is 0 Å². The molecule has 2 N–H and O–H groups in total. The van der Waals surface area contributed by atoms with Gasteiger partial charge in [0.05, 0.1) is 38.4 Å². The minimum Gasteiger partial charge on any atom is -0.394 e. The van der Waals surface area contributed by atoms with Crippen LogP contribution in [-0.4, -0.2) is 67.1 Å². The van der Waals surface area contributed by atoms with Crippen molar-refractivity contribution in [2.45, 2.75) is 25.2 Å². The molecule has 1 amide bonds. The summed E-state index contributed by atoms with van der Waals surface area (Å²) >= 11 is 0. The van der Waals surface area contributed by atoms with Crippen molar-refractivity contribution in [3.63, 3.8) is 0 Å². The number of aliphatic hydroxyl groups excluding tert-OH is 1. The van der Waals surface area contributed by atoms with Crippen LogP contribution >= 0.6 is 0 Å². The maximum absolute atomic E-state index is 11.9. The number of amides is 1. The van der Waals surface area contributed by atoms with Crippen LogP contribution in [0.2, 0.25) is 0 Å². The van der Waals surface area contributed by atoms with Crippen molar-refractivity contribution < 1.29 is 27.8 Å². The third-order valence-electron chi connectivity index (χ3n) is 2.63. The Labute approximate surface area is 103 Å². The molecule has 1 rings (SSSR count). The summed E-state index contributed by atoms with van der Waals surface area (Å²) in [6.45, 7) is 0.436. The van der Waals surface area contributed by atoms with E-state index in [1.165, 1.54) is 4.90 Å². The van der Waals surface area contributed by atoms with Gasteiger partial charge in [-0.05, 0) is 6.92 Å². The second-order valence-electron chi connectivity index (χ2n) is 4.25. The Balaban J connectivity index is 2.39. The summed E-state index contributed by atoms with van der Waals surface area (Å²) in [5, 5.41) is 11.0. The van der Waals surface area contributed by atoms with Gasteiger partial charge < -0.3 is 20.1 Å². The molecular formula is C10H17F3N2O3. The fourth-order valence-electron chi connectivity index (χ4n) is 1.69. The van der Waals surface area contributed by atoms with E-state index in [1.54, 1.807) is 6.92 Å². The van der Waals surface area contributed by atoms with Crippen LogP contribution in [0.4, 0.5) is 13.2 Å². The van der Waals surface area contributed by atoms with Crippen molar-refractivity contribution >= 4 is 5.91 Å². The van der Waals surface area contributed by atoms with Gasteiger partial charge in [-0.3, -0.25) is 4.79 Å². The SMILES string of the molecule is CC1COC(CO)CN1C(=O)CNCC(F)(F)F. The number of hydrogen-bond donors (Lipinski definition) is 2. The molecule has 106 valence electrons. The van der Waals surface area contributed by atoms with Crippen LogP contribution in [0.3, 0.4) is 0 Å². The van der Waals surface area contributed by atoms with E-state index in [0.717, 1.165) is 0 Å². The van der Waals surface area contributed by atoms with Gasteiger partial charge in [-0.2, -0.15) is 13.2 Å². The average molecular weight is 270 g/mol. The third-order valence-corrected chi connectivity index (χ3v) is 2.63. The van der Waals surface area contributed by atoms with Gasteiger partial charge in [0.25, 0.3) is 0 Å². The molecule has 2 unspecified atom stereocenters. The van der Waals surface area contributed by atoms with Gasteiger partial charge in [0.15, 0.2) is 0 Å². The molecule has 0 aromatic carbocycles. The van der Waals surface area contributed by atoms with Crippen molar-refractivity contribution in [3.05, 3.63) is 0 Å². The highest BCUT2D eigenvalue weighted by Gasteiger charge is 2.30. The van der Waals surface area contributed by atoms with E-state index < -0.39 is 24.7 Å². The van der Waals surface area contributed by atoms with Gasteiger partial charge in [0.1, 0.15) is 0 Å². The Morgan fingerprint density at radius 3 is 2.78 bits per heavy atom. The molecule has 5 nitrogen and oxygen atoms in total. The molecule has 1 aliphatic heterocycles. The predicted molar refractivity (Wildman–Crippen MR) is 56.9 cm³/mol. The van der Waals surface area contributed by atoms with Crippen molar-refractivity contribution in [2.75, 3.05) is 32.8 Å². The molecule has 0 saturated carbocycles. The molecular weight excluding hydrogens is 253 g/mol. The molecule has 0 aromatic heterocycles. The number of carbonyl (C=O) groups excluding carboxylic acids is 1. The lowest BCUT2D eigenvalue weighted by atomic mass is 10.2. The molecule has 18 heavy (non-hydrogen) atoms. The summed E-state index contributed by atoms with van der Waals surface area (Å²) in [7, 11) is 0. The van der Waals surface area contributed by atoms with E-state index in [-0.39, 0.29) is 32.3 Å². The number of carbonyl (C=O) groups is 1. The highest BCUT2D eigenvalue weighted by molar-refractivity contribution is 5.78. The number of ether oxygens (including phenoxy) is 1. The number of morpholine rings is 1. The van der Waals surface area contributed by atoms with Crippen LogP contribution in [0.1, 0.15) is 6.92 Å². The maximum Gasteiger partial charge on any atom is 0.401 e. The first-order valence-corrected chi connectivity index (χ1v) is 5.63. The molecule has 0 bridgehead atoms. The minimum absolute atomic E-state index is 0.199. The molecule has 8 heteroatoms. The molecule has 2 atom stereocenters. The summed E-state index contributed by atoms with van der Waals surface area (Å²) in [6.07, 6.45) is -4.79. The van der Waals surface area contributed by atoms with Crippen LogP contribution in [0.5, 0.6) is 0 Å². The summed E-state index contributed by atoms with van der Waals surface area (Å²) in [6, 6.07) is -0.201. The summed E-state index contributed by atoms with van der Waals surface area (Å²) < 4.78 is 40.9. The topological polar surface area (TPSA) is 61.8 Å². The van der Waals surface area contributed by atoms with Gasteiger partial charge in [0.2, 0.25) is 5.91 Å².